The second-order valence-corrected chi connectivity index (χ2v) is 4.79. The molecule has 3 amide bonds. The fourth-order valence-corrected chi connectivity index (χ4v) is 1.77. The van der Waals surface area contributed by atoms with Gasteiger partial charge in [0.15, 0.2) is 0 Å². The maximum atomic E-state index is 12.8. The van der Waals surface area contributed by atoms with E-state index < -0.39 is 5.91 Å². The topological polar surface area (TPSA) is 105 Å². The van der Waals surface area contributed by atoms with Crippen LogP contribution in [0, 0.1) is 5.82 Å². The Morgan fingerprint density at radius 1 is 1.13 bits per heavy atom. The Bertz CT molecular complexity index is 548. The Balaban J connectivity index is 2.41. The first-order chi connectivity index (χ1) is 11.0. The number of hydrogen-bond acceptors (Lipinski definition) is 4. The van der Waals surface area contributed by atoms with E-state index in [0.29, 0.717) is 6.54 Å². The van der Waals surface area contributed by atoms with Crippen molar-refractivity contribution in [3.8, 4) is 0 Å². The van der Waals surface area contributed by atoms with Crippen LogP contribution in [0.5, 0.6) is 0 Å². The number of carbonyl (C=O) groups is 3. The zero-order valence-electron chi connectivity index (χ0n) is 13.0. The maximum Gasteiger partial charge on any atom is 0.242 e. The highest BCUT2D eigenvalue weighted by atomic mass is 19.1. The number of nitrogens with zero attached hydrogens (tertiary/aromatic N) is 1. The Morgan fingerprint density at radius 3 is 2.35 bits per heavy atom. The van der Waals surface area contributed by atoms with E-state index in [0.717, 1.165) is 5.56 Å². The lowest BCUT2D eigenvalue weighted by atomic mass is 10.2. The number of rotatable bonds is 8. The summed E-state index contributed by atoms with van der Waals surface area (Å²) in [5.74, 6) is -1.49. The molecule has 0 bridgehead atoms. The molecule has 0 aliphatic carbocycles. The van der Waals surface area contributed by atoms with Gasteiger partial charge >= 0.3 is 0 Å². The molecule has 7 nitrogen and oxygen atoms in total. The molecule has 126 valence electrons. The van der Waals surface area contributed by atoms with Crippen LogP contribution in [-0.4, -0.2) is 48.8 Å². The molecule has 0 saturated carbocycles. The minimum Gasteiger partial charge on any atom is -0.350 e. The number of benzene rings is 1. The van der Waals surface area contributed by atoms with Crippen LogP contribution in [0.4, 0.5) is 4.39 Å². The summed E-state index contributed by atoms with van der Waals surface area (Å²) in [5, 5.41) is 5.01. The first kappa shape index (κ1) is 18.6. The average Bonchev–Trinajstić information content (AvgIpc) is 2.56. The summed E-state index contributed by atoms with van der Waals surface area (Å²) in [6, 6.07) is 5.76. The molecule has 8 heteroatoms. The van der Waals surface area contributed by atoms with Crippen molar-refractivity contribution in [2.75, 3.05) is 26.2 Å². The lowest BCUT2D eigenvalue weighted by Gasteiger charge is -2.20. The third-order valence-electron chi connectivity index (χ3n) is 3.09. The fourth-order valence-electron chi connectivity index (χ4n) is 1.77. The van der Waals surface area contributed by atoms with E-state index in [-0.39, 0.29) is 43.8 Å². The Labute approximate surface area is 134 Å². The van der Waals surface area contributed by atoms with E-state index in [4.69, 9.17) is 5.73 Å². The molecule has 0 saturated heterocycles. The molecule has 4 N–H and O–H groups in total. The molecule has 0 spiro atoms. The second-order valence-electron chi connectivity index (χ2n) is 4.79. The Hall–Kier alpha value is -2.48. The normalized spacial score (nSPS) is 10.0. The zero-order chi connectivity index (χ0) is 17.2. The summed E-state index contributed by atoms with van der Waals surface area (Å²) in [6.07, 6.45) is 0. The summed E-state index contributed by atoms with van der Waals surface area (Å²) < 4.78 is 12.8. The van der Waals surface area contributed by atoms with Gasteiger partial charge < -0.3 is 21.3 Å². The standard InChI is InChI=1S/C15H21FN4O3/c1-2-20(15(23)9-19-13(21)7-17)10-14(22)18-8-11-3-5-12(16)6-4-11/h3-6H,2,7-10,17H2,1H3,(H,18,22)(H,19,21). The van der Waals surface area contributed by atoms with Gasteiger partial charge in [0.25, 0.3) is 0 Å². The summed E-state index contributed by atoms with van der Waals surface area (Å²) in [4.78, 5) is 36.1. The van der Waals surface area contributed by atoms with Crippen molar-refractivity contribution in [3.05, 3.63) is 35.6 Å². The van der Waals surface area contributed by atoms with Crippen LogP contribution < -0.4 is 16.4 Å². The maximum absolute atomic E-state index is 12.8. The van der Waals surface area contributed by atoms with E-state index in [1.807, 2.05) is 0 Å². The van der Waals surface area contributed by atoms with Crippen molar-refractivity contribution in [3.63, 3.8) is 0 Å². The molecule has 1 aromatic rings. The smallest absolute Gasteiger partial charge is 0.242 e. The molecule has 0 fully saturated rings. The van der Waals surface area contributed by atoms with Crippen LogP contribution in [0.3, 0.4) is 0 Å². The molecule has 0 aliphatic heterocycles. The largest absolute Gasteiger partial charge is 0.350 e. The molecular weight excluding hydrogens is 303 g/mol. The molecule has 0 atom stereocenters. The first-order valence-electron chi connectivity index (χ1n) is 7.22. The van der Waals surface area contributed by atoms with E-state index in [1.54, 1.807) is 19.1 Å². The number of hydrogen-bond donors (Lipinski definition) is 3. The van der Waals surface area contributed by atoms with Crippen LogP contribution in [0.1, 0.15) is 12.5 Å². The van der Waals surface area contributed by atoms with Gasteiger partial charge in [0.1, 0.15) is 5.82 Å². The second kappa shape index (κ2) is 9.52. The predicted molar refractivity (Wildman–Crippen MR) is 82.6 cm³/mol. The van der Waals surface area contributed by atoms with Crippen molar-refractivity contribution >= 4 is 17.7 Å². The van der Waals surface area contributed by atoms with Crippen molar-refractivity contribution in [1.29, 1.82) is 0 Å². The number of halogens is 1. The van der Waals surface area contributed by atoms with Crippen molar-refractivity contribution in [2.24, 2.45) is 5.73 Å². The van der Waals surface area contributed by atoms with Crippen LogP contribution >= 0.6 is 0 Å². The molecule has 1 aromatic carbocycles. The fraction of sp³-hybridized carbons (Fsp3) is 0.400. The summed E-state index contributed by atoms with van der Waals surface area (Å²) in [6.45, 7) is 1.80. The van der Waals surface area contributed by atoms with E-state index in [9.17, 15) is 18.8 Å². The van der Waals surface area contributed by atoms with Gasteiger partial charge in [0, 0.05) is 13.1 Å². The number of nitrogens with two attached hydrogens (primary N) is 1. The van der Waals surface area contributed by atoms with Gasteiger partial charge in [-0.2, -0.15) is 0 Å². The van der Waals surface area contributed by atoms with E-state index in [1.165, 1.54) is 17.0 Å². The van der Waals surface area contributed by atoms with Gasteiger partial charge in [-0.15, -0.1) is 0 Å². The van der Waals surface area contributed by atoms with Crippen LogP contribution in [0.15, 0.2) is 24.3 Å². The number of carbonyl (C=O) groups excluding carboxylic acids is 3. The molecule has 0 unspecified atom stereocenters. The molecule has 23 heavy (non-hydrogen) atoms. The van der Waals surface area contributed by atoms with Crippen molar-refractivity contribution in [2.45, 2.75) is 13.5 Å². The number of likely N-dealkylation sites (N-methyl/N-ethyl adjacent to an activating group) is 1. The van der Waals surface area contributed by atoms with Crippen LogP contribution in [-0.2, 0) is 20.9 Å². The van der Waals surface area contributed by atoms with Crippen molar-refractivity contribution in [1.82, 2.24) is 15.5 Å². The summed E-state index contributed by atoms with van der Waals surface area (Å²) in [5.41, 5.74) is 5.88. The van der Waals surface area contributed by atoms with Crippen LogP contribution in [0.25, 0.3) is 0 Å². The minimum atomic E-state index is -0.435. The Kier molecular flexibility index (Phi) is 7.69. The van der Waals surface area contributed by atoms with Gasteiger partial charge in [-0.25, -0.2) is 4.39 Å². The lowest BCUT2D eigenvalue weighted by molar-refractivity contribution is -0.136. The van der Waals surface area contributed by atoms with E-state index >= 15 is 0 Å². The highest BCUT2D eigenvalue weighted by Gasteiger charge is 2.15. The quantitative estimate of drug-likeness (QED) is 0.592. The molecule has 0 radical (unpaired) electrons. The third kappa shape index (κ3) is 6.88. The lowest BCUT2D eigenvalue weighted by Crippen LogP contribution is -2.45. The zero-order valence-corrected chi connectivity index (χ0v) is 13.0. The number of amides is 3. The summed E-state index contributed by atoms with van der Waals surface area (Å²) in [7, 11) is 0. The SMILES string of the molecule is CCN(CC(=O)NCc1ccc(F)cc1)C(=O)CNC(=O)CN. The minimum absolute atomic E-state index is 0.116. The monoisotopic (exact) mass is 324 g/mol. The van der Waals surface area contributed by atoms with Gasteiger partial charge in [0.05, 0.1) is 19.6 Å². The van der Waals surface area contributed by atoms with Crippen LogP contribution in [0.2, 0.25) is 0 Å². The molecular formula is C15H21FN4O3. The Morgan fingerprint density at radius 2 is 1.78 bits per heavy atom. The first-order valence-corrected chi connectivity index (χ1v) is 7.22. The highest BCUT2D eigenvalue weighted by Crippen LogP contribution is 2.02. The predicted octanol–water partition coefficient (Wildman–Crippen LogP) is -0.635. The highest BCUT2D eigenvalue weighted by molar-refractivity contribution is 5.88. The average molecular weight is 324 g/mol. The molecule has 0 aromatic heterocycles. The van der Waals surface area contributed by atoms with E-state index in [2.05, 4.69) is 10.6 Å². The van der Waals surface area contributed by atoms with Gasteiger partial charge in [-0.3, -0.25) is 14.4 Å². The molecule has 0 aliphatic rings. The van der Waals surface area contributed by atoms with Gasteiger partial charge in [-0.1, -0.05) is 12.1 Å². The van der Waals surface area contributed by atoms with Crippen molar-refractivity contribution < 1.29 is 18.8 Å². The molecule has 1 rings (SSSR count). The molecule has 0 heterocycles. The van der Waals surface area contributed by atoms with Gasteiger partial charge in [0.2, 0.25) is 17.7 Å². The third-order valence-corrected chi connectivity index (χ3v) is 3.09. The summed E-state index contributed by atoms with van der Waals surface area (Å²) >= 11 is 0. The number of nitrogens with one attached hydrogen (secondary N) is 2. The van der Waals surface area contributed by atoms with Gasteiger partial charge in [-0.05, 0) is 24.6 Å².